The first-order valence-electron chi connectivity index (χ1n) is 6.23. The zero-order chi connectivity index (χ0) is 14.1. The third kappa shape index (κ3) is 6.91. The van der Waals surface area contributed by atoms with Crippen molar-refractivity contribution in [1.29, 1.82) is 0 Å². The van der Waals surface area contributed by atoms with Gasteiger partial charge in [0.15, 0.2) is 0 Å². The van der Waals surface area contributed by atoms with E-state index in [0.717, 1.165) is 18.0 Å². The van der Waals surface area contributed by atoms with Gasteiger partial charge < -0.3 is 16.4 Å². The molecular weight excluding hydrogens is 224 g/mol. The van der Waals surface area contributed by atoms with Crippen molar-refractivity contribution in [3.63, 3.8) is 0 Å². The lowest BCUT2D eigenvalue weighted by atomic mass is 10.2. The summed E-state index contributed by atoms with van der Waals surface area (Å²) in [5.74, 6) is 0.759. The first kappa shape index (κ1) is 16.4. The summed E-state index contributed by atoms with van der Waals surface area (Å²) in [6, 6.07) is 0.0692. The van der Waals surface area contributed by atoms with Gasteiger partial charge in [0.05, 0.1) is 12.4 Å². The number of nitrogens with one attached hydrogen (secondary N) is 2. The Hall–Kier alpha value is -1.55. The van der Waals surface area contributed by atoms with Gasteiger partial charge in [0.1, 0.15) is 0 Å². The lowest BCUT2D eigenvalue weighted by Gasteiger charge is -2.16. The van der Waals surface area contributed by atoms with Crippen LogP contribution in [-0.4, -0.2) is 24.3 Å². The largest absolute Gasteiger partial charge is 0.367 e. The maximum Gasteiger partial charge on any atom is 0.0920 e. The van der Waals surface area contributed by atoms with Gasteiger partial charge in [-0.1, -0.05) is 26.2 Å². The Morgan fingerprint density at radius 1 is 1.39 bits per heavy atom. The van der Waals surface area contributed by atoms with Gasteiger partial charge in [-0.3, -0.25) is 4.99 Å². The van der Waals surface area contributed by atoms with E-state index >= 15 is 0 Å². The third-order valence-electron chi connectivity index (χ3n) is 2.50. The quantitative estimate of drug-likeness (QED) is 0.433. The molecule has 4 N–H and O–H groups in total. The lowest BCUT2D eigenvalue weighted by molar-refractivity contribution is 0.671. The molecule has 0 aromatic rings. The predicted molar refractivity (Wildman–Crippen MR) is 80.5 cm³/mol. The maximum absolute atomic E-state index is 5.71. The van der Waals surface area contributed by atoms with Crippen LogP contribution in [-0.2, 0) is 0 Å². The summed E-state index contributed by atoms with van der Waals surface area (Å²) in [6.07, 6.45) is 2.67. The molecule has 0 aliphatic heterocycles. The van der Waals surface area contributed by atoms with E-state index in [9.17, 15) is 0 Å². The van der Waals surface area contributed by atoms with Gasteiger partial charge in [-0.15, -0.1) is 6.58 Å². The Morgan fingerprint density at radius 3 is 2.44 bits per heavy atom. The van der Waals surface area contributed by atoms with Gasteiger partial charge in [0.25, 0.3) is 0 Å². The smallest absolute Gasteiger partial charge is 0.0920 e. The van der Waals surface area contributed by atoms with E-state index in [1.807, 2.05) is 19.9 Å². The monoisotopic (exact) mass is 250 g/mol. The predicted octanol–water partition coefficient (Wildman–Crippen LogP) is 1.92. The molecule has 0 amide bonds. The maximum atomic E-state index is 5.71. The van der Waals surface area contributed by atoms with Gasteiger partial charge in [0.2, 0.25) is 0 Å². The first-order valence-corrected chi connectivity index (χ1v) is 6.23. The Kier molecular flexibility index (Phi) is 7.79. The van der Waals surface area contributed by atoms with Gasteiger partial charge in [-0.05, 0) is 20.3 Å². The van der Waals surface area contributed by atoms with E-state index in [1.165, 1.54) is 0 Å². The molecule has 0 aliphatic carbocycles. The van der Waals surface area contributed by atoms with Crippen molar-refractivity contribution in [2.75, 3.05) is 6.54 Å². The summed E-state index contributed by atoms with van der Waals surface area (Å²) in [5, 5.41) is 6.34. The van der Waals surface area contributed by atoms with Crippen LogP contribution in [0.4, 0.5) is 0 Å². The fraction of sp³-hybridized carbons (Fsp3) is 0.500. The molecule has 0 saturated heterocycles. The van der Waals surface area contributed by atoms with Crippen LogP contribution in [0.15, 0.2) is 42.3 Å². The SMILES string of the molecule is C=CC(C)NC(=C)NCC(CC)=NC(=C)C(C)N. The molecule has 0 aromatic carbocycles. The molecule has 102 valence electrons. The number of hydrogen-bond acceptors (Lipinski definition) is 4. The van der Waals surface area contributed by atoms with Gasteiger partial charge in [-0.25, -0.2) is 0 Å². The van der Waals surface area contributed by atoms with Crippen LogP contribution >= 0.6 is 0 Å². The molecule has 0 aromatic heterocycles. The molecule has 0 aliphatic rings. The highest BCUT2D eigenvalue weighted by Crippen LogP contribution is 2.00. The fourth-order valence-corrected chi connectivity index (χ4v) is 1.14. The molecule has 0 fully saturated rings. The van der Waals surface area contributed by atoms with E-state index in [4.69, 9.17) is 5.73 Å². The second kappa shape index (κ2) is 8.53. The molecule has 4 heteroatoms. The van der Waals surface area contributed by atoms with Crippen molar-refractivity contribution in [3.05, 3.63) is 37.3 Å². The van der Waals surface area contributed by atoms with Crippen LogP contribution in [0.3, 0.4) is 0 Å². The summed E-state index contributed by atoms with van der Waals surface area (Å²) in [4.78, 5) is 4.41. The van der Waals surface area contributed by atoms with Crippen molar-refractivity contribution >= 4 is 5.71 Å². The molecule has 0 spiro atoms. The normalized spacial score (nSPS) is 14.6. The Balaban J connectivity index is 4.27. The number of aliphatic imine (C=N–C) groups is 1. The van der Waals surface area contributed by atoms with Crippen molar-refractivity contribution in [2.45, 2.75) is 39.3 Å². The van der Waals surface area contributed by atoms with Gasteiger partial charge in [-0.2, -0.15) is 0 Å². The molecule has 2 unspecified atom stereocenters. The average molecular weight is 250 g/mol. The highest BCUT2D eigenvalue weighted by atomic mass is 15.1. The minimum atomic E-state index is -0.117. The van der Waals surface area contributed by atoms with E-state index in [0.29, 0.717) is 12.2 Å². The number of nitrogens with zero attached hydrogens (tertiary/aromatic N) is 1. The van der Waals surface area contributed by atoms with Crippen LogP contribution in [0.25, 0.3) is 0 Å². The Morgan fingerprint density at radius 2 is 2.00 bits per heavy atom. The Labute approximate surface area is 111 Å². The molecule has 0 radical (unpaired) electrons. The molecule has 18 heavy (non-hydrogen) atoms. The van der Waals surface area contributed by atoms with Crippen LogP contribution in [0.1, 0.15) is 27.2 Å². The van der Waals surface area contributed by atoms with Crippen molar-refractivity contribution in [1.82, 2.24) is 10.6 Å². The van der Waals surface area contributed by atoms with Crippen molar-refractivity contribution in [3.8, 4) is 0 Å². The van der Waals surface area contributed by atoms with E-state index in [-0.39, 0.29) is 12.1 Å². The molecular formula is C14H26N4. The molecule has 0 bridgehead atoms. The molecule has 0 heterocycles. The second-order valence-electron chi connectivity index (χ2n) is 4.31. The minimum Gasteiger partial charge on any atom is -0.367 e. The minimum absolute atomic E-state index is 0.117. The van der Waals surface area contributed by atoms with Crippen LogP contribution in [0, 0.1) is 0 Å². The fourth-order valence-electron chi connectivity index (χ4n) is 1.14. The summed E-state index contributed by atoms with van der Waals surface area (Å²) in [5.41, 5.74) is 7.42. The number of hydrogen-bond donors (Lipinski definition) is 3. The highest BCUT2D eigenvalue weighted by molar-refractivity contribution is 5.87. The van der Waals surface area contributed by atoms with Crippen molar-refractivity contribution < 1.29 is 0 Å². The lowest BCUT2D eigenvalue weighted by Crippen LogP contribution is -2.34. The topological polar surface area (TPSA) is 62.4 Å². The van der Waals surface area contributed by atoms with Crippen LogP contribution < -0.4 is 16.4 Å². The zero-order valence-corrected chi connectivity index (χ0v) is 11.8. The average Bonchev–Trinajstić information content (AvgIpc) is 2.33. The molecule has 0 rings (SSSR count). The standard InChI is InChI=1S/C14H26N4/c1-7-10(3)17-13(6)16-9-14(8-2)18-12(5)11(4)15/h7,10-11,16-17H,1,5-6,8-9,15H2,2-4H3. The number of rotatable bonds is 9. The first-order chi connectivity index (χ1) is 8.40. The molecule has 0 saturated carbocycles. The zero-order valence-electron chi connectivity index (χ0n) is 11.8. The summed E-state index contributed by atoms with van der Waals surface area (Å²) >= 11 is 0. The van der Waals surface area contributed by atoms with Crippen LogP contribution in [0.5, 0.6) is 0 Å². The highest BCUT2D eigenvalue weighted by Gasteiger charge is 2.03. The van der Waals surface area contributed by atoms with E-state index < -0.39 is 0 Å². The molecule has 2 atom stereocenters. The summed E-state index contributed by atoms with van der Waals surface area (Å²) < 4.78 is 0. The van der Waals surface area contributed by atoms with Gasteiger partial charge >= 0.3 is 0 Å². The van der Waals surface area contributed by atoms with Crippen LogP contribution in [0.2, 0.25) is 0 Å². The van der Waals surface area contributed by atoms with E-state index in [2.05, 4.69) is 42.3 Å². The van der Waals surface area contributed by atoms with E-state index in [1.54, 1.807) is 0 Å². The number of nitrogens with two attached hydrogens (primary N) is 1. The summed E-state index contributed by atoms with van der Waals surface area (Å²) in [7, 11) is 0. The third-order valence-corrected chi connectivity index (χ3v) is 2.50. The van der Waals surface area contributed by atoms with Gasteiger partial charge in [0, 0.05) is 23.5 Å². The second-order valence-corrected chi connectivity index (χ2v) is 4.31. The molecule has 4 nitrogen and oxygen atoms in total. The summed E-state index contributed by atoms with van der Waals surface area (Å²) in [6.45, 7) is 18.0. The van der Waals surface area contributed by atoms with Crippen molar-refractivity contribution in [2.24, 2.45) is 10.7 Å². The Bertz CT molecular complexity index is 329.